The Kier molecular flexibility index (Phi) is 4.14. The van der Waals surface area contributed by atoms with E-state index in [9.17, 15) is 12.8 Å². The van der Waals surface area contributed by atoms with Gasteiger partial charge >= 0.3 is 0 Å². The van der Waals surface area contributed by atoms with Gasteiger partial charge in [-0.05, 0) is 42.1 Å². The third-order valence-corrected chi connectivity index (χ3v) is 6.86. The van der Waals surface area contributed by atoms with E-state index in [1.54, 1.807) is 0 Å². The molecule has 4 rings (SSSR count). The lowest BCUT2D eigenvalue weighted by atomic mass is 10.1. The largest absolute Gasteiger partial charge is 0.420 e. The molecule has 0 spiro atoms. The van der Waals surface area contributed by atoms with E-state index in [-0.39, 0.29) is 17.4 Å². The number of rotatable bonds is 4. The second kappa shape index (κ2) is 6.32. The molecule has 1 atom stereocenters. The minimum Gasteiger partial charge on any atom is -0.420 e. The van der Waals surface area contributed by atoms with Gasteiger partial charge in [0, 0.05) is 13.1 Å². The molecule has 6 nitrogen and oxygen atoms in total. The van der Waals surface area contributed by atoms with Crippen molar-refractivity contribution >= 4 is 21.4 Å². The number of nitrogens with zero attached hydrogens (tertiary/aromatic N) is 3. The summed E-state index contributed by atoms with van der Waals surface area (Å²) >= 11 is 1.50. The average molecular weight is 379 g/mol. The molecule has 1 aromatic carbocycles. The van der Waals surface area contributed by atoms with Crippen molar-refractivity contribution in [3.8, 4) is 10.8 Å². The van der Waals surface area contributed by atoms with Crippen LogP contribution in [-0.4, -0.2) is 36.0 Å². The van der Waals surface area contributed by atoms with Gasteiger partial charge < -0.3 is 4.42 Å². The first-order chi connectivity index (χ1) is 12.0. The topological polar surface area (TPSA) is 76.3 Å². The van der Waals surface area contributed by atoms with E-state index >= 15 is 0 Å². The van der Waals surface area contributed by atoms with Gasteiger partial charge in [-0.15, -0.1) is 21.5 Å². The molecule has 0 aliphatic carbocycles. The SMILES string of the molecule is O=S(=O)(c1ccc(F)cc1)N1CC[C@H](c2nnc(-c3cccs3)o2)C1. The van der Waals surface area contributed by atoms with Crippen molar-refractivity contribution in [2.24, 2.45) is 0 Å². The predicted molar refractivity (Wildman–Crippen MR) is 90.1 cm³/mol. The zero-order chi connectivity index (χ0) is 17.4. The number of thiophene rings is 1. The molecule has 2 aromatic heterocycles. The Morgan fingerprint density at radius 3 is 2.72 bits per heavy atom. The highest BCUT2D eigenvalue weighted by Crippen LogP contribution is 2.32. The third kappa shape index (κ3) is 3.10. The van der Waals surface area contributed by atoms with Crippen molar-refractivity contribution in [2.45, 2.75) is 17.2 Å². The number of halogens is 1. The quantitative estimate of drug-likeness (QED) is 0.696. The Morgan fingerprint density at radius 1 is 1.20 bits per heavy atom. The lowest BCUT2D eigenvalue weighted by Gasteiger charge is -2.15. The first-order valence-electron chi connectivity index (χ1n) is 7.67. The number of aromatic nitrogens is 2. The van der Waals surface area contributed by atoms with E-state index in [1.165, 1.54) is 27.8 Å². The standard InChI is InChI=1S/C16H14FN3O3S2/c17-12-3-5-13(6-4-12)25(21,22)20-8-7-11(10-20)15-18-19-16(23-15)14-2-1-9-24-14/h1-6,9,11H,7-8,10H2/t11-/m0/s1. The second-order valence-corrected chi connectivity index (χ2v) is 8.61. The van der Waals surface area contributed by atoms with Crippen LogP contribution < -0.4 is 0 Å². The Morgan fingerprint density at radius 2 is 2.00 bits per heavy atom. The monoisotopic (exact) mass is 379 g/mol. The summed E-state index contributed by atoms with van der Waals surface area (Å²) < 4.78 is 45.4. The highest BCUT2D eigenvalue weighted by atomic mass is 32.2. The van der Waals surface area contributed by atoms with E-state index in [2.05, 4.69) is 10.2 Å². The van der Waals surface area contributed by atoms with Crippen LogP contribution in [0.25, 0.3) is 10.8 Å². The lowest BCUT2D eigenvalue weighted by molar-refractivity contribution is 0.440. The molecule has 25 heavy (non-hydrogen) atoms. The van der Waals surface area contributed by atoms with Crippen LogP contribution in [0.4, 0.5) is 4.39 Å². The van der Waals surface area contributed by atoms with Gasteiger partial charge in [-0.3, -0.25) is 0 Å². The van der Waals surface area contributed by atoms with Gasteiger partial charge in [-0.25, -0.2) is 12.8 Å². The van der Waals surface area contributed by atoms with Crippen LogP contribution in [0.3, 0.4) is 0 Å². The normalized spacial score (nSPS) is 18.7. The molecule has 0 N–H and O–H groups in total. The molecule has 0 saturated carbocycles. The Balaban J connectivity index is 1.52. The van der Waals surface area contributed by atoms with Gasteiger partial charge in [0.25, 0.3) is 5.89 Å². The van der Waals surface area contributed by atoms with Gasteiger partial charge in [0.2, 0.25) is 15.9 Å². The van der Waals surface area contributed by atoms with Crippen molar-refractivity contribution in [3.05, 3.63) is 53.5 Å². The van der Waals surface area contributed by atoms with Crippen LogP contribution in [0, 0.1) is 5.82 Å². The van der Waals surface area contributed by atoms with E-state index in [0.717, 1.165) is 17.0 Å². The Bertz CT molecular complexity index is 968. The van der Waals surface area contributed by atoms with E-state index in [4.69, 9.17) is 4.42 Å². The minimum atomic E-state index is -3.65. The molecule has 1 saturated heterocycles. The summed E-state index contributed by atoms with van der Waals surface area (Å²) in [5.74, 6) is 0.284. The molecule has 1 aliphatic rings. The van der Waals surface area contributed by atoms with Crippen LogP contribution in [-0.2, 0) is 10.0 Å². The van der Waals surface area contributed by atoms with Gasteiger partial charge in [0.15, 0.2) is 0 Å². The zero-order valence-electron chi connectivity index (χ0n) is 13.0. The summed E-state index contributed by atoms with van der Waals surface area (Å²) in [6.07, 6.45) is 0.604. The van der Waals surface area contributed by atoms with Crippen LogP contribution in [0.2, 0.25) is 0 Å². The molecular formula is C16H14FN3O3S2. The molecule has 0 unspecified atom stereocenters. The number of benzene rings is 1. The fourth-order valence-corrected chi connectivity index (χ4v) is 4.95. The number of hydrogen-bond donors (Lipinski definition) is 0. The van der Waals surface area contributed by atoms with Crippen LogP contribution >= 0.6 is 11.3 Å². The van der Waals surface area contributed by atoms with Crippen molar-refractivity contribution in [1.82, 2.24) is 14.5 Å². The minimum absolute atomic E-state index is 0.0827. The highest BCUT2D eigenvalue weighted by Gasteiger charge is 2.35. The first-order valence-corrected chi connectivity index (χ1v) is 9.99. The molecule has 9 heteroatoms. The number of hydrogen-bond acceptors (Lipinski definition) is 6. The molecule has 0 amide bonds. The van der Waals surface area contributed by atoms with Crippen LogP contribution in [0.1, 0.15) is 18.2 Å². The van der Waals surface area contributed by atoms with Crippen molar-refractivity contribution in [3.63, 3.8) is 0 Å². The first kappa shape index (κ1) is 16.4. The smallest absolute Gasteiger partial charge is 0.257 e. The number of sulfonamides is 1. The summed E-state index contributed by atoms with van der Waals surface area (Å²) in [5, 5.41) is 10.0. The molecule has 3 aromatic rings. The van der Waals surface area contributed by atoms with Crippen LogP contribution in [0.5, 0.6) is 0 Å². The third-order valence-electron chi connectivity index (χ3n) is 4.12. The summed E-state index contributed by atoms with van der Waals surface area (Å²) in [5.41, 5.74) is 0. The molecule has 1 aliphatic heterocycles. The van der Waals surface area contributed by atoms with Gasteiger partial charge in [-0.2, -0.15) is 4.31 Å². The summed E-state index contributed by atoms with van der Waals surface area (Å²) in [6, 6.07) is 8.63. The van der Waals surface area contributed by atoms with Gasteiger partial charge in [0.05, 0.1) is 15.7 Å². The van der Waals surface area contributed by atoms with Gasteiger partial charge in [0.1, 0.15) is 5.82 Å². The maximum atomic E-state index is 13.0. The molecule has 1 fully saturated rings. The van der Waals surface area contributed by atoms with E-state index < -0.39 is 15.8 Å². The summed E-state index contributed by atoms with van der Waals surface area (Å²) in [7, 11) is -3.65. The zero-order valence-corrected chi connectivity index (χ0v) is 14.6. The molecule has 0 bridgehead atoms. The maximum absolute atomic E-state index is 13.0. The van der Waals surface area contributed by atoms with Crippen molar-refractivity contribution in [2.75, 3.05) is 13.1 Å². The maximum Gasteiger partial charge on any atom is 0.257 e. The average Bonchev–Trinajstić information content (AvgIpc) is 3.34. The second-order valence-electron chi connectivity index (χ2n) is 5.73. The predicted octanol–water partition coefficient (Wildman–Crippen LogP) is 3.12. The fraction of sp³-hybridized carbons (Fsp3) is 0.250. The Labute approximate surface area is 148 Å². The molecule has 3 heterocycles. The molecule has 130 valence electrons. The lowest BCUT2D eigenvalue weighted by Crippen LogP contribution is -2.28. The molecule has 0 radical (unpaired) electrons. The highest BCUT2D eigenvalue weighted by molar-refractivity contribution is 7.89. The van der Waals surface area contributed by atoms with E-state index in [1.807, 2.05) is 17.5 Å². The van der Waals surface area contributed by atoms with Gasteiger partial charge in [-0.1, -0.05) is 6.07 Å². The van der Waals surface area contributed by atoms with E-state index in [0.29, 0.717) is 24.7 Å². The fourth-order valence-electron chi connectivity index (χ4n) is 2.80. The molecular weight excluding hydrogens is 365 g/mol. The van der Waals surface area contributed by atoms with Crippen LogP contribution in [0.15, 0.2) is 51.1 Å². The Hall–Kier alpha value is -2.10. The van der Waals surface area contributed by atoms with Crippen molar-refractivity contribution in [1.29, 1.82) is 0 Å². The summed E-state index contributed by atoms with van der Waals surface area (Å²) in [4.78, 5) is 0.965. The van der Waals surface area contributed by atoms with Crippen molar-refractivity contribution < 1.29 is 17.2 Å². The summed E-state index contributed by atoms with van der Waals surface area (Å²) in [6.45, 7) is 0.632.